The summed E-state index contributed by atoms with van der Waals surface area (Å²) < 4.78 is 2.35. The van der Waals surface area contributed by atoms with Crippen LogP contribution in [0.3, 0.4) is 0 Å². The van der Waals surface area contributed by atoms with Crippen LogP contribution in [-0.4, -0.2) is 21.2 Å². The fraction of sp³-hybridized carbons (Fsp3) is 0.286. The van der Waals surface area contributed by atoms with E-state index in [0.29, 0.717) is 5.82 Å². The Labute approximate surface area is 69.6 Å². The summed E-state index contributed by atoms with van der Waals surface area (Å²) >= 11 is 0. The SMILES string of the molecule is C=Nn1c(/C=C\C)nn(C)c1=O. The first kappa shape index (κ1) is 8.45. The molecule has 0 spiro atoms. The summed E-state index contributed by atoms with van der Waals surface area (Å²) in [6.45, 7) is 5.11. The van der Waals surface area contributed by atoms with Gasteiger partial charge in [-0.1, -0.05) is 6.08 Å². The van der Waals surface area contributed by atoms with Crippen molar-refractivity contribution in [3.63, 3.8) is 0 Å². The Hall–Kier alpha value is -1.65. The van der Waals surface area contributed by atoms with Gasteiger partial charge in [0.15, 0.2) is 5.82 Å². The summed E-state index contributed by atoms with van der Waals surface area (Å²) in [5.41, 5.74) is -0.293. The number of nitrogens with zero attached hydrogens (tertiary/aromatic N) is 4. The Bertz CT molecular complexity index is 371. The number of allylic oxidation sites excluding steroid dienone is 1. The van der Waals surface area contributed by atoms with E-state index >= 15 is 0 Å². The molecule has 12 heavy (non-hydrogen) atoms. The van der Waals surface area contributed by atoms with E-state index in [-0.39, 0.29) is 5.69 Å². The lowest BCUT2D eigenvalue weighted by molar-refractivity contribution is 0.710. The smallest absolute Gasteiger partial charge is 0.244 e. The zero-order valence-corrected chi connectivity index (χ0v) is 7.06. The van der Waals surface area contributed by atoms with E-state index in [1.165, 1.54) is 4.68 Å². The average Bonchev–Trinajstić information content (AvgIpc) is 2.29. The molecule has 64 valence electrons. The second-order valence-electron chi connectivity index (χ2n) is 2.22. The molecule has 0 unspecified atom stereocenters. The molecule has 1 aromatic heterocycles. The molecule has 0 amide bonds. The quantitative estimate of drug-likeness (QED) is 0.584. The van der Waals surface area contributed by atoms with Gasteiger partial charge in [0, 0.05) is 13.8 Å². The molecule has 5 heteroatoms. The maximum Gasteiger partial charge on any atom is 0.366 e. The third-order valence-corrected chi connectivity index (χ3v) is 1.38. The number of hydrogen-bond acceptors (Lipinski definition) is 3. The van der Waals surface area contributed by atoms with Gasteiger partial charge in [-0.2, -0.15) is 9.78 Å². The molecule has 0 saturated carbocycles. The summed E-state index contributed by atoms with van der Waals surface area (Å²) in [5, 5.41) is 7.45. The summed E-state index contributed by atoms with van der Waals surface area (Å²) in [6.07, 6.45) is 3.47. The van der Waals surface area contributed by atoms with Gasteiger partial charge in [0.1, 0.15) is 0 Å². The molecule has 0 aliphatic rings. The zero-order valence-electron chi connectivity index (χ0n) is 7.06. The standard InChI is InChI=1S/C7H10N4O/c1-4-5-6-9-10(3)7(12)11(6)8-2/h4-5H,2H2,1,3H3/b5-4-. The highest BCUT2D eigenvalue weighted by Gasteiger charge is 2.05. The minimum absolute atomic E-state index is 0.293. The molecule has 0 radical (unpaired) electrons. The predicted octanol–water partition coefficient (Wildman–Crippen LogP) is 0.0786. The van der Waals surface area contributed by atoms with Crippen molar-refractivity contribution >= 4 is 12.8 Å². The van der Waals surface area contributed by atoms with Crippen molar-refractivity contribution in [2.24, 2.45) is 12.1 Å². The Morgan fingerprint density at radius 2 is 2.33 bits per heavy atom. The van der Waals surface area contributed by atoms with Crippen LogP contribution >= 0.6 is 0 Å². The minimum Gasteiger partial charge on any atom is -0.244 e. The first-order valence-electron chi connectivity index (χ1n) is 3.46. The molecule has 1 heterocycles. The summed E-state index contributed by atoms with van der Waals surface area (Å²) in [5.74, 6) is 0.486. The average molecular weight is 166 g/mol. The fourth-order valence-corrected chi connectivity index (χ4v) is 0.860. The lowest BCUT2D eigenvalue weighted by atomic mass is 10.5. The Morgan fingerprint density at radius 1 is 1.67 bits per heavy atom. The predicted molar refractivity (Wildman–Crippen MR) is 47.1 cm³/mol. The lowest BCUT2D eigenvalue weighted by Crippen LogP contribution is -2.19. The Morgan fingerprint density at radius 3 is 2.83 bits per heavy atom. The normalized spacial score (nSPS) is 10.8. The van der Waals surface area contributed by atoms with E-state index in [4.69, 9.17) is 0 Å². The van der Waals surface area contributed by atoms with E-state index in [1.54, 1.807) is 19.2 Å². The topological polar surface area (TPSA) is 52.2 Å². The van der Waals surface area contributed by atoms with Crippen LogP contribution in [0.1, 0.15) is 12.7 Å². The molecule has 5 nitrogen and oxygen atoms in total. The van der Waals surface area contributed by atoms with Crippen LogP contribution in [0.5, 0.6) is 0 Å². The molecule has 0 aromatic carbocycles. The maximum atomic E-state index is 11.2. The van der Waals surface area contributed by atoms with Gasteiger partial charge in [0.05, 0.1) is 0 Å². The molecule has 1 rings (SSSR count). The molecule has 0 saturated heterocycles. The highest BCUT2D eigenvalue weighted by molar-refractivity contribution is 5.39. The van der Waals surface area contributed by atoms with Crippen LogP contribution in [0.15, 0.2) is 16.0 Å². The molecular weight excluding hydrogens is 156 g/mol. The van der Waals surface area contributed by atoms with Gasteiger partial charge in [-0.05, 0) is 13.0 Å². The van der Waals surface area contributed by atoms with Crippen LogP contribution in [-0.2, 0) is 7.05 Å². The van der Waals surface area contributed by atoms with Crippen LogP contribution in [0.4, 0.5) is 0 Å². The second kappa shape index (κ2) is 3.17. The third kappa shape index (κ3) is 1.20. The van der Waals surface area contributed by atoms with Crippen molar-refractivity contribution in [2.45, 2.75) is 6.92 Å². The minimum atomic E-state index is -0.293. The van der Waals surface area contributed by atoms with E-state index in [0.717, 1.165) is 4.68 Å². The third-order valence-electron chi connectivity index (χ3n) is 1.38. The molecular formula is C7H10N4O. The van der Waals surface area contributed by atoms with E-state index in [9.17, 15) is 4.79 Å². The van der Waals surface area contributed by atoms with Gasteiger partial charge in [-0.3, -0.25) is 0 Å². The number of aromatic nitrogens is 3. The number of aryl methyl sites for hydroxylation is 1. The lowest BCUT2D eigenvalue weighted by Gasteiger charge is -1.88. The Kier molecular flexibility index (Phi) is 2.23. The van der Waals surface area contributed by atoms with Crippen LogP contribution in [0.2, 0.25) is 0 Å². The highest BCUT2D eigenvalue weighted by Crippen LogP contribution is 1.93. The van der Waals surface area contributed by atoms with Gasteiger partial charge in [0.2, 0.25) is 0 Å². The fourth-order valence-electron chi connectivity index (χ4n) is 0.860. The van der Waals surface area contributed by atoms with Gasteiger partial charge < -0.3 is 0 Å². The van der Waals surface area contributed by atoms with Crippen LogP contribution < -0.4 is 5.69 Å². The summed E-state index contributed by atoms with van der Waals surface area (Å²) in [6, 6.07) is 0. The highest BCUT2D eigenvalue weighted by atomic mass is 16.2. The van der Waals surface area contributed by atoms with Crippen LogP contribution in [0.25, 0.3) is 6.08 Å². The zero-order chi connectivity index (χ0) is 9.14. The second-order valence-corrected chi connectivity index (χ2v) is 2.22. The maximum absolute atomic E-state index is 11.2. The summed E-state index contributed by atoms with van der Waals surface area (Å²) in [7, 11) is 1.57. The van der Waals surface area contributed by atoms with E-state index in [2.05, 4.69) is 16.9 Å². The monoisotopic (exact) mass is 166 g/mol. The molecule has 1 aromatic rings. The van der Waals surface area contributed by atoms with Crippen molar-refractivity contribution in [3.8, 4) is 0 Å². The van der Waals surface area contributed by atoms with Crippen LogP contribution in [0, 0.1) is 0 Å². The van der Waals surface area contributed by atoms with Crippen molar-refractivity contribution in [1.82, 2.24) is 14.5 Å². The van der Waals surface area contributed by atoms with Crippen molar-refractivity contribution in [3.05, 3.63) is 22.4 Å². The molecule has 0 aliphatic carbocycles. The molecule has 0 aliphatic heterocycles. The van der Waals surface area contributed by atoms with Gasteiger partial charge >= 0.3 is 5.69 Å². The molecule has 0 N–H and O–H groups in total. The number of hydrogen-bond donors (Lipinski definition) is 0. The van der Waals surface area contributed by atoms with Crippen molar-refractivity contribution < 1.29 is 0 Å². The van der Waals surface area contributed by atoms with Gasteiger partial charge in [0.25, 0.3) is 0 Å². The van der Waals surface area contributed by atoms with E-state index in [1.807, 2.05) is 6.92 Å². The molecule has 0 bridgehead atoms. The van der Waals surface area contributed by atoms with Gasteiger partial charge in [-0.25, -0.2) is 9.48 Å². The molecule has 0 fully saturated rings. The first-order chi connectivity index (χ1) is 5.70. The first-order valence-corrected chi connectivity index (χ1v) is 3.46. The van der Waals surface area contributed by atoms with Gasteiger partial charge in [-0.15, -0.1) is 5.10 Å². The van der Waals surface area contributed by atoms with Crippen molar-refractivity contribution in [2.75, 3.05) is 0 Å². The number of rotatable bonds is 2. The summed E-state index contributed by atoms with van der Waals surface area (Å²) in [4.78, 5) is 11.2. The van der Waals surface area contributed by atoms with Crippen molar-refractivity contribution in [1.29, 1.82) is 0 Å². The largest absolute Gasteiger partial charge is 0.366 e. The Balaban J connectivity index is 3.39. The van der Waals surface area contributed by atoms with E-state index < -0.39 is 0 Å². The molecule has 0 atom stereocenters.